The molecule has 0 saturated heterocycles. The van der Waals surface area contributed by atoms with Crippen molar-refractivity contribution in [3.63, 3.8) is 0 Å². The Bertz CT molecular complexity index is 2490. The van der Waals surface area contributed by atoms with Crippen LogP contribution in [0.15, 0.2) is 107 Å². The number of anilines is 10. The quantitative estimate of drug-likeness (QED) is 0.0235. The molecule has 0 aliphatic rings. The second kappa shape index (κ2) is 23.6. The van der Waals surface area contributed by atoms with Crippen molar-refractivity contribution in [1.82, 2.24) is 29.9 Å². The molecule has 6 N–H and O–H groups in total. The maximum atomic E-state index is 12.5. The second-order valence-electron chi connectivity index (χ2n) is 12.4. The van der Waals surface area contributed by atoms with Crippen molar-refractivity contribution in [2.75, 3.05) is 72.4 Å². The van der Waals surface area contributed by atoms with Gasteiger partial charge >= 0.3 is 59.1 Å². The van der Waals surface area contributed by atoms with Gasteiger partial charge in [-0.1, -0.05) is 60.7 Å². The Kier molecular flexibility index (Phi) is 18.9. The van der Waals surface area contributed by atoms with Gasteiger partial charge in [0.15, 0.2) is 0 Å². The Morgan fingerprint density at radius 3 is 1.13 bits per heavy atom. The summed E-state index contributed by atoms with van der Waals surface area (Å²) in [5.74, 6) is 0.722. The number of ether oxygens (including phenoxy) is 2. The first-order valence-corrected chi connectivity index (χ1v) is 20.7. The number of para-hydroxylation sites is 2. The van der Waals surface area contributed by atoms with Crippen molar-refractivity contribution >= 4 is 90.8 Å². The van der Waals surface area contributed by atoms with Crippen LogP contribution >= 0.6 is 0 Å². The zero-order valence-corrected chi connectivity index (χ0v) is 39.6. The third-order valence-electron chi connectivity index (χ3n) is 8.03. The van der Waals surface area contributed by atoms with Crippen molar-refractivity contribution < 1.29 is 94.5 Å². The Balaban J connectivity index is 0.00000422. The first-order chi connectivity index (χ1) is 28.9. The number of methoxy groups -OCH3 is 2. The first-order valence-electron chi connectivity index (χ1n) is 17.9. The van der Waals surface area contributed by atoms with Crippen molar-refractivity contribution in [2.24, 2.45) is 0 Å². The summed E-state index contributed by atoms with van der Waals surface area (Å²) in [5, 5.41) is 18.0. The fraction of sp³-hybridized carbons (Fsp3) is 0.158. The standard InChI is InChI=1S/C38H40N12O8S2.2Na/c1-57-21-19-39-33-45-35(41-27-9-5-3-6-10-27)49-37(47-33)43-29-17-15-25(31(23-29)59(51,52)53)13-14-26-16-18-30(24-32(26)60(54,55)56)44-38-48-34(40-20-22-58-2)46-36(50-38)42-28-11-7-4-8-12-28;;/h3-18,23-24H,19-22H2,1-2H3,(H,51,52,53)(H,54,55,56)(H3,39,41,43,45,47,49)(H3,40,42,44,46,48,50);;/q;2*+1/p-2/b14-13+;;. The molecule has 20 nitrogen and oxygen atoms in total. The third kappa shape index (κ3) is 14.9. The SMILES string of the molecule is COCCNc1nc(Nc2ccccc2)nc(Nc2ccc(/C=C/c3ccc(Nc4nc(NCCOC)nc(Nc5ccccc5)n4)cc3S(=O)(=O)[O-])c(S(=O)(=O)[O-])c2)n1.[Na+].[Na+]. The molecule has 6 aromatic rings. The zero-order chi connectivity index (χ0) is 42.5. The molecule has 0 aliphatic heterocycles. The number of hydrogen-bond donors (Lipinski definition) is 6. The van der Waals surface area contributed by atoms with Crippen LogP contribution < -0.4 is 91.0 Å². The predicted octanol–water partition coefficient (Wildman–Crippen LogP) is -0.866. The van der Waals surface area contributed by atoms with E-state index in [1.165, 1.54) is 36.4 Å². The summed E-state index contributed by atoms with van der Waals surface area (Å²) in [6, 6.07) is 26.0. The van der Waals surface area contributed by atoms with E-state index in [9.17, 15) is 25.9 Å². The van der Waals surface area contributed by atoms with Gasteiger partial charge < -0.3 is 50.5 Å². The monoisotopic (exact) mass is 900 g/mol. The molecule has 4 aromatic carbocycles. The van der Waals surface area contributed by atoms with Crippen LogP contribution in [0.2, 0.25) is 0 Å². The number of benzene rings is 4. The minimum atomic E-state index is -5.10. The van der Waals surface area contributed by atoms with Crippen molar-refractivity contribution in [3.8, 4) is 0 Å². The topological polar surface area (TPSA) is 282 Å². The smallest absolute Gasteiger partial charge is 0.744 e. The Hall–Kier alpha value is -4.82. The number of rotatable bonds is 20. The van der Waals surface area contributed by atoms with Gasteiger partial charge in [0.05, 0.1) is 23.0 Å². The molecule has 0 unspecified atom stereocenters. The fourth-order valence-electron chi connectivity index (χ4n) is 5.33. The molecule has 6 rings (SSSR count). The van der Waals surface area contributed by atoms with Gasteiger partial charge in [-0.05, 0) is 59.7 Å². The van der Waals surface area contributed by atoms with Crippen molar-refractivity contribution in [1.29, 1.82) is 0 Å². The molecule has 0 spiro atoms. The van der Waals surface area contributed by atoms with Gasteiger partial charge in [0, 0.05) is 50.1 Å². The van der Waals surface area contributed by atoms with Gasteiger partial charge in [-0.15, -0.1) is 0 Å². The summed E-state index contributed by atoms with van der Waals surface area (Å²) in [5.41, 5.74) is 1.48. The Morgan fingerprint density at radius 1 is 0.484 bits per heavy atom. The fourth-order valence-corrected chi connectivity index (χ4v) is 6.73. The molecule has 0 amide bonds. The van der Waals surface area contributed by atoms with E-state index in [2.05, 4.69) is 61.8 Å². The number of hydrogen-bond acceptors (Lipinski definition) is 20. The molecule has 0 saturated carbocycles. The van der Waals surface area contributed by atoms with Crippen molar-refractivity contribution in [3.05, 3.63) is 108 Å². The van der Waals surface area contributed by atoms with E-state index in [4.69, 9.17) is 9.47 Å². The molecule has 0 aliphatic carbocycles. The number of nitrogens with zero attached hydrogens (tertiary/aromatic N) is 6. The molecular weight excluding hydrogens is 863 g/mol. The molecular formula is C38H38N12Na2O8S2. The van der Waals surface area contributed by atoms with Gasteiger partial charge in [-0.3, -0.25) is 0 Å². The minimum absolute atomic E-state index is 0. The van der Waals surface area contributed by atoms with E-state index in [0.717, 1.165) is 12.1 Å². The van der Waals surface area contributed by atoms with Crippen LogP contribution in [0.1, 0.15) is 11.1 Å². The van der Waals surface area contributed by atoms with Crippen molar-refractivity contribution in [2.45, 2.75) is 9.79 Å². The third-order valence-corrected chi connectivity index (χ3v) is 9.81. The van der Waals surface area contributed by atoms with Crippen LogP contribution in [0.5, 0.6) is 0 Å². The molecule has 2 heterocycles. The van der Waals surface area contributed by atoms with Gasteiger partial charge in [-0.25, -0.2) is 16.8 Å². The van der Waals surface area contributed by atoms with E-state index in [-0.39, 0.29) is 117 Å². The summed E-state index contributed by atoms with van der Waals surface area (Å²) >= 11 is 0. The molecule has 0 fully saturated rings. The van der Waals surface area contributed by atoms with E-state index in [0.29, 0.717) is 37.7 Å². The van der Waals surface area contributed by atoms with Crippen LogP contribution in [0.4, 0.5) is 58.4 Å². The molecule has 24 heteroatoms. The molecule has 0 atom stereocenters. The maximum Gasteiger partial charge on any atom is 1.00 e. The minimum Gasteiger partial charge on any atom is -0.744 e. The van der Waals surface area contributed by atoms with Gasteiger partial charge in [0.1, 0.15) is 20.2 Å². The molecule has 0 radical (unpaired) electrons. The second-order valence-corrected chi connectivity index (χ2v) is 15.1. The number of nitrogens with one attached hydrogen (secondary N) is 6. The Labute approximate surface area is 402 Å². The van der Waals surface area contributed by atoms with E-state index in [1.54, 1.807) is 14.2 Å². The largest absolute Gasteiger partial charge is 1.00 e. The van der Waals surface area contributed by atoms with Crippen LogP contribution in [-0.2, 0) is 29.7 Å². The van der Waals surface area contributed by atoms with Crippen LogP contribution in [-0.4, -0.2) is 96.4 Å². The van der Waals surface area contributed by atoms with E-state index >= 15 is 0 Å². The average molecular weight is 901 g/mol. The summed E-state index contributed by atoms with van der Waals surface area (Å²) in [7, 11) is -7.11. The van der Waals surface area contributed by atoms with Gasteiger partial charge in [0.2, 0.25) is 35.7 Å². The summed E-state index contributed by atoms with van der Waals surface area (Å²) < 4.78 is 85.3. The summed E-state index contributed by atoms with van der Waals surface area (Å²) in [6.07, 6.45) is 2.42. The van der Waals surface area contributed by atoms with Crippen LogP contribution in [0.25, 0.3) is 12.2 Å². The van der Waals surface area contributed by atoms with E-state index < -0.39 is 30.0 Å². The number of aromatic nitrogens is 6. The molecule has 312 valence electrons. The Morgan fingerprint density at radius 2 is 0.806 bits per heavy atom. The van der Waals surface area contributed by atoms with Gasteiger partial charge in [0.25, 0.3) is 0 Å². The molecule has 0 bridgehead atoms. The maximum absolute atomic E-state index is 12.5. The first kappa shape index (κ1) is 49.8. The normalized spacial score (nSPS) is 11.2. The van der Waals surface area contributed by atoms with Gasteiger partial charge in [-0.2, -0.15) is 29.9 Å². The average Bonchev–Trinajstić information content (AvgIpc) is 3.21. The van der Waals surface area contributed by atoms with E-state index in [1.807, 2.05) is 60.7 Å². The summed E-state index contributed by atoms with van der Waals surface area (Å²) in [4.78, 5) is 24.9. The summed E-state index contributed by atoms with van der Waals surface area (Å²) in [6.45, 7) is 1.48. The molecule has 2 aromatic heterocycles. The predicted molar refractivity (Wildman–Crippen MR) is 224 cm³/mol. The van der Waals surface area contributed by atoms with Crippen LogP contribution in [0.3, 0.4) is 0 Å². The molecule has 62 heavy (non-hydrogen) atoms. The zero-order valence-electron chi connectivity index (χ0n) is 34.0. The van der Waals surface area contributed by atoms with Crippen LogP contribution in [0, 0.1) is 0 Å².